The van der Waals surface area contributed by atoms with Gasteiger partial charge in [0.25, 0.3) is 0 Å². The summed E-state index contributed by atoms with van der Waals surface area (Å²) in [4.78, 5) is 12.0. The number of esters is 1. The normalized spacial score (nSPS) is 29.2. The quantitative estimate of drug-likeness (QED) is 0.500. The van der Waals surface area contributed by atoms with Crippen molar-refractivity contribution >= 4 is 14.3 Å². The molecule has 0 N–H and O–H groups in total. The highest BCUT2D eigenvalue weighted by molar-refractivity contribution is 6.74. The number of rotatable bonds is 3. The molecule has 1 rings (SSSR count). The Morgan fingerprint density at radius 3 is 2.46 bits per heavy atom. The summed E-state index contributed by atoms with van der Waals surface area (Å²) < 4.78 is 17.6. The van der Waals surface area contributed by atoms with Gasteiger partial charge >= 0.3 is 5.97 Å². The highest BCUT2D eigenvalue weighted by Crippen LogP contribution is 2.38. The predicted molar refractivity (Wildman–Crippen MR) is 110 cm³/mol. The lowest BCUT2D eigenvalue weighted by molar-refractivity contribution is -0.137. The van der Waals surface area contributed by atoms with Crippen molar-refractivity contribution in [1.29, 1.82) is 0 Å². The van der Waals surface area contributed by atoms with Gasteiger partial charge in [0.2, 0.25) is 0 Å². The maximum Gasteiger partial charge on any atom is 0.333 e. The lowest BCUT2D eigenvalue weighted by Gasteiger charge is -2.39. The molecule has 0 bridgehead atoms. The molecule has 0 aliphatic carbocycles. The summed E-state index contributed by atoms with van der Waals surface area (Å²) in [5.41, 5.74) is 1.72. The molecule has 4 nitrogen and oxygen atoms in total. The Kier molecular flexibility index (Phi) is 8.51. The van der Waals surface area contributed by atoms with Crippen LogP contribution in [0.25, 0.3) is 0 Å². The number of allylic oxidation sites excluding steroid dienone is 2. The van der Waals surface area contributed by atoms with E-state index in [4.69, 9.17) is 13.9 Å². The van der Waals surface area contributed by atoms with Gasteiger partial charge in [0, 0.05) is 19.1 Å². The molecule has 1 aliphatic heterocycles. The lowest BCUT2D eigenvalue weighted by atomic mass is 10.0. The lowest BCUT2D eigenvalue weighted by Crippen LogP contribution is -2.44. The topological polar surface area (TPSA) is 44.8 Å². The van der Waals surface area contributed by atoms with Gasteiger partial charge in [-0.15, -0.1) is 0 Å². The van der Waals surface area contributed by atoms with Gasteiger partial charge < -0.3 is 13.9 Å². The number of methoxy groups -OCH3 is 1. The van der Waals surface area contributed by atoms with E-state index in [0.717, 1.165) is 12.0 Å². The van der Waals surface area contributed by atoms with Gasteiger partial charge in [0.15, 0.2) is 8.32 Å². The Labute approximate surface area is 160 Å². The molecule has 0 saturated heterocycles. The molecule has 0 aromatic heterocycles. The molecule has 0 aromatic rings. The molecule has 0 spiro atoms. The Morgan fingerprint density at radius 1 is 1.23 bits per heavy atom. The van der Waals surface area contributed by atoms with Crippen molar-refractivity contribution in [1.82, 2.24) is 0 Å². The van der Waals surface area contributed by atoms with Gasteiger partial charge in [-0.2, -0.15) is 0 Å². The average Bonchev–Trinajstić information content (AvgIpc) is 2.53. The van der Waals surface area contributed by atoms with Crippen LogP contribution >= 0.6 is 0 Å². The van der Waals surface area contributed by atoms with E-state index in [2.05, 4.69) is 39.9 Å². The molecule has 2 atom stereocenters. The van der Waals surface area contributed by atoms with Crippen LogP contribution in [0.5, 0.6) is 0 Å². The van der Waals surface area contributed by atoms with E-state index in [1.54, 1.807) is 14.0 Å². The van der Waals surface area contributed by atoms with Crippen molar-refractivity contribution in [3.05, 3.63) is 35.5 Å². The average molecular weight is 381 g/mol. The molecular formula is C21H36O4Si. The highest BCUT2D eigenvalue weighted by atomic mass is 28.4. The van der Waals surface area contributed by atoms with Crippen LogP contribution in [-0.2, 0) is 18.7 Å². The molecule has 0 amide bonds. The van der Waals surface area contributed by atoms with Crippen LogP contribution < -0.4 is 0 Å². The number of hydrogen-bond acceptors (Lipinski definition) is 4. The summed E-state index contributed by atoms with van der Waals surface area (Å²) in [6, 6.07) is 0. The minimum atomic E-state index is -1.91. The van der Waals surface area contributed by atoms with Crippen molar-refractivity contribution in [2.45, 2.75) is 77.8 Å². The number of carbonyl (C=O) groups is 1. The molecule has 1 heterocycles. The first kappa shape index (κ1) is 22.9. The second-order valence-corrected chi connectivity index (χ2v) is 13.3. The van der Waals surface area contributed by atoms with Gasteiger partial charge in [-0.25, -0.2) is 4.79 Å². The number of ether oxygens (including phenoxy) is 2. The van der Waals surface area contributed by atoms with Crippen LogP contribution in [0.4, 0.5) is 0 Å². The van der Waals surface area contributed by atoms with Crippen LogP contribution in [0.1, 0.15) is 47.5 Å². The first-order valence-corrected chi connectivity index (χ1v) is 12.3. The zero-order chi connectivity index (χ0) is 20.0. The SMILES string of the molecule is CO[C@H]1C/C=C(/C)C(=O)OC/C=C/C(C)=C/[C@@H](O[Si](C)(C)C(C)(C)C)C1. The maximum absolute atomic E-state index is 12.0. The van der Waals surface area contributed by atoms with Crippen molar-refractivity contribution in [2.24, 2.45) is 0 Å². The zero-order valence-electron chi connectivity index (χ0n) is 17.7. The maximum atomic E-state index is 12.0. The van der Waals surface area contributed by atoms with E-state index in [1.807, 2.05) is 25.2 Å². The van der Waals surface area contributed by atoms with E-state index >= 15 is 0 Å². The first-order valence-electron chi connectivity index (χ1n) is 9.35. The third-order valence-electron chi connectivity index (χ3n) is 5.23. The first-order chi connectivity index (χ1) is 12.0. The summed E-state index contributed by atoms with van der Waals surface area (Å²) in [6.45, 7) is 15.4. The van der Waals surface area contributed by atoms with E-state index in [1.165, 1.54) is 0 Å². The van der Waals surface area contributed by atoms with Crippen molar-refractivity contribution in [3.63, 3.8) is 0 Å². The zero-order valence-corrected chi connectivity index (χ0v) is 18.7. The molecule has 0 radical (unpaired) electrons. The van der Waals surface area contributed by atoms with Gasteiger partial charge in [-0.3, -0.25) is 0 Å². The largest absolute Gasteiger partial charge is 0.458 e. The van der Waals surface area contributed by atoms with Gasteiger partial charge in [-0.05, 0) is 44.5 Å². The van der Waals surface area contributed by atoms with Crippen LogP contribution in [0.15, 0.2) is 35.5 Å². The Hall–Kier alpha value is -1.17. The van der Waals surface area contributed by atoms with Crippen molar-refractivity contribution in [3.8, 4) is 0 Å². The van der Waals surface area contributed by atoms with Crippen LogP contribution in [0.3, 0.4) is 0 Å². The monoisotopic (exact) mass is 380 g/mol. The molecular weight excluding hydrogens is 344 g/mol. The third-order valence-corrected chi connectivity index (χ3v) is 9.73. The van der Waals surface area contributed by atoms with E-state index < -0.39 is 8.32 Å². The Morgan fingerprint density at radius 2 is 1.88 bits per heavy atom. The number of carbonyl (C=O) groups excluding carboxylic acids is 1. The smallest absolute Gasteiger partial charge is 0.333 e. The molecule has 0 aromatic carbocycles. The fourth-order valence-corrected chi connectivity index (χ4v) is 3.74. The fourth-order valence-electron chi connectivity index (χ4n) is 2.47. The summed E-state index contributed by atoms with van der Waals surface area (Å²) in [6.07, 6.45) is 9.30. The second kappa shape index (κ2) is 9.67. The second-order valence-electron chi connectivity index (χ2n) is 8.54. The number of hydrogen-bond donors (Lipinski definition) is 0. The molecule has 148 valence electrons. The van der Waals surface area contributed by atoms with Gasteiger partial charge in [-0.1, -0.05) is 44.6 Å². The minimum Gasteiger partial charge on any atom is -0.458 e. The van der Waals surface area contributed by atoms with Crippen molar-refractivity contribution < 1.29 is 18.7 Å². The Balaban J connectivity index is 3.12. The van der Waals surface area contributed by atoms with E-state index in [0.29, 0.717) is 12.0 Å². The van der Waals surface area contributed by atoms with E-state index in [9.17, 15) is 4.79 Å². The fraction of sp³-hybridized carbons (Fsp3) is 0.667. The van der Waals surface area contributed by atoms with Crippen LogP contribution in [0, 0.1) is 0 Å². The van der Waals surface area contributed by atoms with Gasteiger partial charge in [0.1, 0.15) is 6.61 Å². The Bertz CT molecular complexity index is 567. The van der Waals surface area contributed by atoms with Crippen molar-refractivity contribution in [2.75, 3.05) is 13.7 Å². The predicted octanol–water partition coefficient (Wildman–Crippen LogP) is 5.18. The molecule has 0 fully saturated rings. The molecule has 5 heteroatoms. The van der Waals surface area contributed by atoms with E-state index in [-0.39, 0.29) is 29.8 Å². The molecule has 0 unspecified atom stereocenters. The summed E-state index contributed by atoms with van der Waals surface area (Å²) in [5.74, 6) is -0.278. The minimum absolute atomic E-state index is 0.0127. The summed E-state index contributed by atoms with van der Waals surface area (Å²) >= 11 is 0. The summed E-state index contributed by atoms with van der Waals surface area (Å²) in [5, 5.41) is 0.144. The highest BCUT2D eigenvalue weighted by Gasteiger charge is 2.39. The summed E-state index contributed by atoms with van der Waals surface area (Å²) in [7, 11) is -0.195. The van der Waals surface area contributed by atoms with Crippen LogP contribution in [0.2, 0.25) is 18.1 Å². The molecule has 26 heavy (non-hydrogen) atoms. The number of cyclic esters (lactones) is 1. The van der Waals surface area contributed by atoms with Gasteiger partial charge in [0.05, 0.1) is 12.2 Å². The molecule has 0 saturated carbocycles. The van der Waals surface area contributed by atoms with Crippen LogP contribution in [-0.4, -0.2) is 40.2 Å². The standard InChI is InChI=1S/C21H36O4Si/c1-16-10-9-13-24-20(22)17(2)11-12-18(23-6)15-19(14-16)25-26(7,8)21(3,4)5/h9-11,14,18-19H,12-13,15H2,1-8H3/b10-9+,16-14+,17-11-/t18-,19+/m0/s1. The molecule has 1 aliphatic rings. The third kappa shape index (κ3) is 7.21.